The molecule has 2 fully saturated rings. The molecule has 0 radical (unpaired) electrons. The van der Waals surface area contributed by atoms with Gasteiger partial charge in [0.25, 0.3) is 0 Å². The first-order valence-corrected chi connectivity index (χ1v) is 10.2. The predicted octanol–water partition coefficient (Wildman–Crippen LogP) is 3.20. The number of carbonyl (C=O) groups is 1. The number of hydrogen-bond acceptors (Lipinski definition) is 4. The van der Waals surface area contributed by atoms with Gasteiger partial charge in [-0.2, -0.15) is 0 Å². The number of halogens is 1. The summed E-state index contributed by atoms with van der Waals surface area (Å²) in [5, 5.41) is 3.25. The number of likely N-dealkylation sites (tertiary alicyclic amines) is 1. The lowest BCUT2D eigenvalue weighted by molar-refractivity contribution is -0.122. The molecule has 5 nitrogen and oxygen atoms in total. The SMILES string of the molecule is CCc1ncc(CN2C[C@@H](c3cccc(F)c3)[C@@H]3NC(=O)CCCC[C@H]32)cn1. The van der Waals surface area contributed by atoms with Crippen molar-refractivity contribution < 1.29 is 9.18 Å². The number of rotatable bonds is 4. The monoisotopic (exact) mass is 382 g/mol. The minimum Gasteiger partial charge on any atom is -0.351 e. The Morgan fingerprint density at radius 3 is 2.82 bits per heavy atom. The Labute approximate surface area is 165 Å². The zero-order valence-corrected chi connectivity index (χ0v) is 16.3. The highest BCUT2D eigenvalue weighted by atomic mass is 19.1. The normalized spacial score (nSPS) is 25.6. The van der Waals surface area contributed by atoms with Gasteiger partial charge in [-0.15, -0.1) is 0 Å². The van der Waals surface area contributed by atoms with Crippen LogP contribution in [-0.4, -0.2) is 39.4 Å². The minimum atomic E-state index is -0.228. The molecule has 6 heteroatoms. The van der Waals surface area contributed by atoms with Crippen molar-refractivity contribution in [2.75, 3.05) is 6.54 Å². The molecule has 0 unspecified atom stereocenters. The third kappa shape index (κ3) is 4.07. The van der Waals surface area contributed by atoms with Crippen LogP contribution in [-0.2, 0) is 17.8 Å². The molecule has 3 atom stereocenters. The van der Waals surface area contributed by atoms with Crippen molar-refractivity contribution in [2.45, 2.75) is 63.6 Å². The van der Waals surface area contributed by atoms with Gasteiger partial charge >= 0.3 is 0 Å². The lowest BCUT2D eigenvalue weighted by Gasteiger charge is -2.31. The summed E-state index contributed by atoms with van der Waals surface area (Å²) in [5.74, 6) is 0.805. The number of fused-ring (bicyclic) bond motifs is 1. The Kier molecular flexibility index (Phi) is 5.67. The van der Waals surface area contributed by atoms with Gasteiger partial charge in [-0.05, 0) is 30.5 Å². The second-order valence-corrected chi connectivity index (χ2v) is 7.86. The van der Waals surface area contributed by atoms with Crippen LogP contribution in [0.4, 0.5) is 4.39 Å². The number of nitrogens with zero attached hydrogens (tertiary/aromatic N) is 3. The maximum absolute atomic E-state index is 13.9. The molecule has 2 saturated heterocycles. The van der Waals surface area contributed by atoms with E-state index < -0.39 is 0 Å². The molecule has 0 spiro atoms. The molecule has 2 aliphatic rings. The predicted molar refractivity (Wildman–Crippen MR) is 105 cm³/mol. The summed E-state index contributed by atoms with van der Waals surface area (Å²) in [6, 6.07) is 7.04. The first-order chi connectivity index (χ1) is 13.6. The molecule has 2 aromatic rings. The van der Waals surface area contributed by atoms with E-state index in [1.165, 1.54) is 6.07 Å². The standard InChI is InChI=1S/C22H27FN4O/c1-2-20-24-11-15(12-25-20)13-27-14-18(16-6-5-7-17(23)10-16)22-19(27)8-3-4-9-21(28)26-22/h5-7,10-12,18-19,22H,2-4,8-9,13-14H2,1H3,(H,26,28)/t18-,19+,22-/m0/s1. The highest BCUT2D eigenvalue weighted by molar-refractivity contribution is 5.76. The number of aromatic nitrogens is 2. The van der Waals surface area contributed by atoms with Crippen molar-refractivity contribution in [3.8, 4) is 0 Å². The fourth-order valence-corrected chi connectivity index (χ4v) is 4.56. The molecule has 1 aromatic heterocycles. The topological polar surface area (TPSA) is 58.1 Å². The van der Waals surface area contributed by atoms with Crippen LogP contribution in [0.2, 0.25) is 0 Å². The summed E-state index contributed by atoms with van der Waals surface area (Å²) in [4.78, 5) is 23.6. The van der Waals surface area contributed by atoms with Crippen LogP contribution in [0.5, 0.6) is 0 Å². The van der Waals surface area contributed by atoms with Crippen LogP contribution in [0, 0.1) is 5.82 Å². The second-order valence-electron chi connectivity index (χ2n) is 7.86. The minimum absolute atomic E-state index is 0.00503. The van der Waals surface area contributed by atoms with E-state index in [4.69, 9.17) is 0 Å². The van der Waals surface area contributed by atoms with Crippen molar-refractivity contribution in [1.82, 2.24) is 20.2 Å². The molecule has 1 aromatic carbocycles. The molecule has 148 valence electrons. The molecule has 2 aliphatic heterocycles. The van der Waals surface area contributed by atoms with E-state index in [1.807, 2.05) is 25.4 Å². The molecule has 0 bridgehead atoms. The van der Waals surface area contributed by atoms with Gasteiger partial charge in [0.1, 0.15) is 11.6 Å². The molecule has 3 heterocycles. The smallest absolute Gasteiger partial charge is 0.220 e. The molecule has 28 heavy (non-hydrogen) atoms. The van der Waals surface area contributed by atoms with Gasteiger partial charge in [-0.3, -0.25) is 9.69 Å². The molecule has 1 amide bonds. The number of aryl methyl sites for hydroxylation is 1. The lowest BCUT2D eigenvalue weighted by Crippen LogP contribution is -2.47. The maximum Gasteiger partial charge on any atom is 0.220 e. The molecular formula is C22H27FN4O. The van der Waals surface area contributed by atoms with E-state index in [0.29, 0.717) is 6.42 Å². The number of nitrogens with one attached hydrogen (secondary N) is 1. The first-order valence-electron chi connectivity index (χ1n) is 10.2. The summed E-state index contributed by atoms with van der Waals surface area (Å²) in [5.41, 5.74) is 2.03. The largest absolute Gasteiger partial charge is 0.351 e. The number of benzene rings is 1. The van der Waals surface area contributed by atoms with E-state index >= 15 is 0 Å². The van der Waals surface area contributed by atoms with E-state index in [1.54, 1.807) is 12.1 Å². The molecule has 4 rings (SSSR count). The van der Waals surface area contributed by atoms with Crippen molar-refractivity contribution in [3.05, 3.63) is 59.4 Å². The van der Waals surface area contributed by atoms with E-state index in [-0.39, 0.29) is 29.7 Å². The summed E-state index contributed by atoms with van der Waals surface area (Å²) in [6.07, 6.45) is 8.18. The summed E-state index contributed by atoms with van der Waals surface area (Å²) in [7, 11) is 0. The Hall–Kier alpha value is -2.34. The Morgan fingerprint density at radius 2 is 2.07 bits per heavy atom. The number of amides is 1. The van der Waals surface area contributed by atoms with Gasteiger partial charge in [-0.25, -0.2) is 14.4 Å². The average Bonchev–Trinajstić information content (AvgIpc) is 3.00. The summed E-state index contributed by atoms with van der Waals surface area (Å²) >= 11 is 0. The van der Waals surface area contributed by atoms with Gasteiger partial charge in [0.05, 0.1) is 6.04 Å². The Bertz CT molecular complexity index is 826. The van der Waals surface area contributed by atoms with Gasteiger partial charge in [0.15, 0.2) is 0 Å². The molecule has 0 aliphatic carbocycles. The number of hydrogen-bond donors (Lipinski definition) is 1. The van der Waals surface area contributed by atoms with Crippen LogP contribution in [0.15, 0.2) is 36.7 Å². The van der Waals surface area contributed by atoms with Crippen LogP contribution in [0.25, 0.3) is 0 Å². The molecule has 1 N–H and O–H groups in total. The van der Waals surface area contributed by atoms with Crippen LogP contribution in [0.1, 0.15) is 55.5 Å². The van der Waals surface area contributed by atoms with Gasteiger partial charge < -0.3 is 5.32 Å². The quantitative estimate of drug-likeness (QED) is 0.882. The van der Waals surface area contributed by atoms with Gasteiger partial charge in [0, 0.05) is 55.8 Å². The fraction of sp³-hybridized carbons (Fsp3) is 0.500. The van der Waals surface area contributed by atoms with E-state index in [9.17, 15) is 9.18 Å². The van der Waals surface area contributed by atoms with Crippen molar-refractivity contribution in [3.63, 3.8) is 0 Å². The maximum atomic E-state index is 13.9. The third-order valence-corrected chi connectivity index (χ3v) is 5.97. The zero-order chi connectivity index (χ0) is 19.5. The first kappa shape index (κ1) is 19.0. The van der Waals surface area contributed by atoms with Gasteiger partial charge in [-0.1, -0.05) is 25.5 Å². The zero-order valence-electron chi connectivity index (χ0n) is 16.3. The van der Waals surface area contributed by atoms with Crippen LogP contribution < -0.4 is 5.32 Å². The van der Waals surface area contributed by atoms with Crippen LogP contribution in [0.3, 0.4) is 0 Å². The fourth-order valence-electron chi connectivity index (χ4n) is 4.56. The summed E-state index contributed by atoms with van der Waals surface area (Å²) < 4.78 is 13.9. The summed E-state index contributed by atoms with van der Waals surface area (Å²) in [6.45, 7) is 3.57. The highest BCUT2D eigenvalue weighted by Crippen LogP contribution is 2.36. The Balaban J connectivity index is 1.61. The van der Waals surface area contributed by atoms with Crippen LogP contribution >= 0.6 is 0 Å². The highest BCUT2D eigenvalue weighted by Gasteiger charge is 2.43. The van der Waals surface area contributed by atoms with Crippen molar-refractivity contribution in [1.29, 1.82) is 0 Å². The van der Waals surface area contributed by atoms with Crippen molar-refractivity contribution in [2.24, 2.45) is 0 Å². The Morgan fingerprint density at radius 1 is 1.25 bits per heavy atom. The average molecular weight is 382 g/mol. The van der Waals surface area contributed by atoms with Crippen molar-refractivity contribution >= 4 is 5.91 Å². The van der Waals surface area contributed by atoms with Gasteiger partial charge in [0.2, 0.25) is 5.91 Å². The molecular weight excluding hydrogens is 355 g/mol. The number of carbonyl (C=O) groups excluding carboxylic acids is 1. The second kappa shape index (κ2) is 8.35. The molecule has 0 saturated carbocycles. The van der Waals surface area contributed by atoms with E-state index in [0.717, 1.165) is 55.7 Å². The van der Waals surface area contributed by atoms with E-state index in [2.05, 4.69) is 20.2 Å². The lowest BCUT2D eigenvalue weighted by atomic mass is 9.88. The third-order valence-electron chi connectivity index (χ3n) is 5.97.